The van der Waals surface area contributed by atoms with Gasteiger partial charge in [0.1, 0.15) is 34.8 Å². The fourth-order valence-corrected chi connectivity index (χ4v) is 6.53. The smallest absolute Gasteiger partial charge is 0.318 e. The van der Waals surface area contributed by atoms with Gasteiger partial charge in [-0.3, -0.25) is 9.88 Å². The molecular weight excluding hydrogens is 547 g/mol. The van der Waals surface area contributed by atoms with Crippen molar-refractivity contribution < 1.29 is 28.1 Å². The average molecular weight is 582 g/mol. The average Bonchev–Trinajstić information content (AvgIpc) is 3.52. The number of nitrogens with zero attached hydrogens (tertiary/aromatic N) is 5. The molecule has 4 aromatic rings. The number of β-amino-alcohol motifs (C(OH)–C–C–N with tert-alkyl or cyclic N) is 1. The van der Waals surface area contributed by atoms with E-state index in [9.17, 15) is 19.0 Å². The minimum atomic E-state index is -0.864. The summed E-state index contributed by atoms with van der Waals surface area (Å²) in [6, 6.07) is 6.35. The predicted molar refractivity (Wildman–Crippen MR) is 155 cm³/mol. The number of hydrogen-bond donors (Lipinski definition) is 2. The maximum Gasteiger partial charge on any atom is 0.318 e. The van der Waals surface area contributed by atoms with Crippen molar-refractivity contribution in [2.45, 2.75) is 57.3 Å². The second-order valence-corrected chi connectivity index (χ2v) is 11.7. The number of anilines is 1. The van der Waals surface area contributed by atoms with Crippen LogP contribution in [0.1, 0.15) is 38.7 Å². The Balaban J connectivity index is 0.000000296. The van der Waals surface area contributed by atoms with E-state index < -0.39 is 23.4 Å². The number of methoxy groups -OCH3 is 1. The lowest BCUT2D eigenvalue weighted by atomic mass is 9.94. The summed E-state index contributed by atoms with van der Waals surface area (Å²) in [7, 11) is 1.39. The van der Waals surface area contributed by atoms with Crippen LogP contribution in [0.15, 0.2) is 30.5 Å². The van der Waals surface area contributed by atoms with E-state index >= 15 is 4.39 Å². The summed E-state index contributed by atoms with van der Waals surface area (Å²) in [6.45, 7) is 6.02. The summed E-state index contributed by atoms with van der Waals surface area (Å²) in [4.78, 5) is 17.0. The molecule has 2 aromatic heterocycles. The molecule has 0 saturated carbocycles. The van der Waals surface area contributed by atoms with E-state index in [4.69, 9.17) is 4.74 Å². The Morgan fingerprint density at radius 2 is 1.95 bits per heavy atom. The molecule has 11 heteroatoms. The summed E-state index contributed by atoms with van der Waals surface area (Å²) in [6.07, 6.45) is 4.65. The number of ether oxygens (including phenoxy) is 1. The zero-order valence-corrected chi connectivity index (χ0v) is 23.9. The van der Waals surface area contributed by atoms with Crippen LogP contribution >= 0.6 is 0 Å². The first-order chi connectivity index (χ1) is 20.1. The van der Waals surface area contributed by atoms with Crippen LogP contribution in [0.5, 0.6) is 11.8 Å². The number of aryl methyl sites for hydroxylation is 1. The zero-order valence-electron chi connectivity index (χ0n) is 23.9. The van der Waals surface area contributed by atoms with Gasteiger partial charge in [0.2, 0.25) is 0 Å². The van der Waals surface area contributed by atoms with E-state index in [0.29, 0.717) is 59.6 Å². The molecule has 5 heterocycles. The van der Waals surface area contributed by atoms with Gasteiger partial charge < -0.3 is 19.8 Å². The molecule has 0 spiro atoms. The Kier molecular flexibility index (Phi) is 7.34. The van der Waals surface area contributed by atoms with Gasteiger partial charge in [-0.25, -0.2) is 13.2 Å². The van der Waals surface area contributed by atoms with Crippen molar-refractivity contribution in [1.29, 1.82) is 0 Å². The molecule has 2 atom stereocenters. The third kappa shape index (κ3) is 5.09. The number of aromatic nitrogens is 3. The molecule has 8 nitrogen and oxygen atoms in total. The number of aliphatic hydroxyl groups is 1. The highest BCUT2D eigenvalue weighted by Crippen LogP contribution is 2.40. The molecule has 3 aliphatic rings. The molecule has 2 unspecified atom stereocenters. The lowest BCUT2D eigenvalue weighted by Gasteiger charge is -2.45. The van der Waals surface area contributed by atoms with Crippen molar-refractivity contribution in [3.05, 3.63) is 47.7 Å². The zero-order chi connectivity index (χ0) is 29.8. The van der Waals surface area contributed by atoms with E-state index in [1.807, 2.05) is 6.92 Å². The minimum absolute atomic E-state index is 0.0145. The normalized spacial score (nSPS) is 21.3. The van der Waals surface area contributed by atoms with Crippen LogP contribution in [-0.4, -0.2) is 81.2 Å². The molecule has 0 radical (unpaired) electrons. The Bertz CT molecular complexity index is 1650. The first-order valence-electron chi connectivity index (χ1n) is 14.3. The fourth-order valence-electron chi connectivity index (χ4n) is 6.53. The Morgan fingerprint density at radius 1 is 1.17 bits per heavy atom. The van der Waals surface area contributed by atoms with E-state index in [-0.39, 0.29) is 28.5 Å². The highest BCUT2D eigenvalue weighted by molar-refractivity contribution is 6.01. The lowest BCUT2D eigenvalue weighted by Crippen LogP contribution is -2.60. The molecule has 222 valence electrons. The summed E-state index contributed by atoms with van der Waals surface area (Å²) in [5, 5.41) is 21.8. The van der Waals surface area contributed by atoms with E-state index in [1.54, 1.807) is 17.9 Å². The standard InChI is InChI=1S/C24H22F2N4O3.C7H12FN/c1-4-14-17(25)6-5-12-7-13(31)8-15(18(12)14)20-19(26)21-16(9-27-20)22(29-23(28-21)33-3)30-10-24(2,32)11-30;8-6-4-7-2-1-3-9(7)5-6/h5-9,31-32H,4,10-11H2,1-3H3;6-7H,1-5H2. The number of halogens is 3. The SMILES string of the molecule is CCc1c(F)ccc2cc(O)cc(-c3ncc4c(N5CC(C)(O)C5)nc(OC)nc4c3F)c12.FC1CC2CCCN2C1. The Labute approximate surface area is 241 Å². The van der Waals surface area contributed by atoms with Gasteiger partial charge in [-0.2, -0.15) is 9.97 Å². The number of alkyl halides is 1. The van der Waals surface area contributed by atoms with Crippen molar-refractivity contribution in [2.24, 2.45) is 0 Å². The molecule has 0 bridgehead atoms. The van der Waals surface area contributed by atoms with E-state index in [0.717, 1.165) is 13.0 Å². The monoisotopic (exact) mass is 581 g/mol. The van der Waals surface area contributed by atoms with Crippen LogP contribution in [0.4, 0.5) is 19.0 Å². The third-order valence-corrected chi connectivity index (χ3v) is 8.41. The largest absolute Gasteiger partial charge is 0.508 e. The van der Waals surface area contributed by atoms with Crippen molar-refractivity contribution in [2.75, 3.05) is 38.2 Å². The van der Waals surface area contributed by atoms with Gasteiger partial charge >= 0.3 is 6.01 Å². The van der Waals surface area contributed by atoms with Crippen LogP contribution < -0.4 is 9.64 Å². The van der Waals surface area contributed by atoms with Gasteiger partial charge in [-0.1, -0.05) is 13.0 Å². The Morgan fingerprint density at radius 3 is 2.64 bits per heavy atom. The first-order valence-corrected chi connectivity index (χ1v) is 14.3. The summed E-state index contributed by atoms with van der Waals surface area (Å²) in [5.41, 5.74) is -0.262. The summed E-state index contributed by atoms with van der Waals surface area (Å²) < 4.78 is 48.3. The molecule has 0 amide bonds. The molecule has 0 aliphatic carbocycles. The van der Waals surface area contributed by atoms with Gasteiger partial charge in [0, 0.05) is 37.4 Å². The van der Waals surface area contributed by atoms with Gasteiger partial charge in [0.25, 0.3) is 0 Å². The molecule has 2 N–H and O–H groups in total. The molecular formula is C31H34F3N5O3. The van der Waals surface area contributed by atoms with Crippen LogP contribution in [0.25, 0.3) is 32.9 Å². The van der Waals surface area contributed by atoms with Crippen molar-refractivity contribution >= 4 is 27.5 Å². The Hall–Kier alpha value is -3.70. The second kappa shape index (κ2) is 10.9. The highest BCUT2D eigenvalue weighted by Gasteiger charge is 2.39. The van der Waals surface area contributed by atoms with Gasteiger partial charge in [-0.15, -0.1) is 0 Å². The molecule has 42 heavy (non-hydrogen) atoms. The van der Waals surface area contributed by atoms with Gasteiger partial charge in [0.05, 0.1) is 18.1 Å². The van der Waals surface area contributed by atoms with Crippen LogP contribution in [-0.2, 0) is 6.42 Å². The van der Waals surface area contributed by atoms with Crippen LogP contribution in [0.3, 0.4) is 0 Å². The lowest BCUT2D eigenvalue weighted by molar-refractivity contribution is 0.0306. The maximum atomic E-state index is 15.9. The number of benzene rings is 2. The van der Waals surface area contributed by atoms with E-state index in [1.165, 1.54) is 44.3 Å². The van der Waals surface area contributed by atoms with Crippen molar-refractivity contribution in [1.82, 2.24) is 19.9 Å². The number of hydrogen-bond acceptors (Lipinski definition) is 8. The predicted octanol–water partition coefficient (Wildman–Crippen LogP) is 5.16. The first kappa shape index (κ1) is 28.4. The van der Waals surface area contributed by atoms with Crippen LogP contribution in [0.2, 0.25) is 0 Å². The van der Waals surface area contributed by atoms with Crippen LogP contribution in [0, 0.1) is 11.6 Å². The minimum Gasteiger partial charge on any atom is -0.508 e. The number of rotatable bonds is 4. The third-order valence-electron chi connectivity index (χ3n) is 8.41. The number of phenols is 1. The molecule has 7 rings (SSSR count). The maximum absolute atomic E-state index is 15.9. The van der Waals surface area contributed by atoms with Crippen molar-refractivity contribution in [3.63, 3.8) is 0 Å². The van der Waals surface area contributed by atoms with Gasteiger partial charge in [-0.05, 0) is 73.7 Å². The van der Waals surface area contributed by atoms with E-state index in [2.05, 4.69) is 19.9 Å². The van der Waals surface area contributed by atoms with Gasteiger partial charge in [0.15, 0.2) is 5.82 Å². The molecule has 3 saturated heterocycles. The quantitative estimate of drug-likeness (QED) is 0.341. The highest BCUT2D eigenvalue weighted by atomic mass is 19.1. The van der Waals surface area contributed by atoms with Crippen molar-refractivity contribution in [3.8, 4) is 23.0 Å². The molecule has 3 aliphatic heterocycles. The number of pyridine rings is 1. The fraction of sp³-hybridized carbons (Fsp3) is 0.452. The molecule has 3 fully saturated rings. The summed E-state index contributed by atoms with van der Waals surface area (Å²) >= 11 is 0. The topological polar surface area (TPSA) is 94.8 Å². The number of fused-ring (bicyclic) bond motifs is 3. The summed E-state index contributed by atoms with van der Waals surface area (Å²) in [5.74, 6) is -0.826. The number of aromatic hydroxyl groups is 1. The molecule has 2 aromatic carbocycles. The second-order valence-electron chi connectivity index (χ2n) is 11.7. The number of phenolic OH excluding ortho intramolecular Hbond substituents is 1.